The molecule has 0 saturated carbocycles. The summed E-state index contributed by atoms with van der Waals surface area (Å²) in [7, 11) is -4.20. The van der Waals surface area contributed by atoms with Gasteiger partial charge in [0.15, 0.2) is 11.6 Å². The average Bonchev–Trinajstić information content (AvgIpc) is 3.18. The molecular formula is C25H22F4N2O3S. The van der Waals surface area contributed by atoms with Gasteiger partial charge in [-0.3, -0.25) is 0 Å². The molecule has 0 spiro atoms. The second-order valence-electron chi connectivity index (χ2n) is 7.97. The van der Waals surface area contributed by atoms with Crippen LogP contribution in [0.2, 0.25) is 0 Å². The summed E-state index contributed by atoms with van der Waals surface area (Å²) < 4.78 is 86.1. The van der Waals surface area contributed by atoms with Gasteiger partial charge in [-0.15, -0.1) is 0 Å². The molecule has 0 unspecified atom stereocenters. The van der Waals surface area contributed by atoms with Gasteiger partial charge in [-0.05, 0) is 54.8 Å². The molecule has 35 heavy (non-hydrogen) atoms. The molecule has 0 aliphatic rings. The van der Waals surface area contributed by atoms with Crippen LogP contribution in [0.25, 0.3) is 10.9 Å². The number of fused-ring (bicyclic) bond motifs is 1. The maximum atomic E-state index is 14.4. The van der Waals surface area contributed by atoms with Gasteiger partial charge in [0.1, 0.15) is 5.75 Å². The monoisotopic (exact) mass is 506 g/mol. The van der Waals surface area contributed by atoms with Crippen LogP contribution < -0.4 is 10.1 Å². The lowest BCUT2D eigenvalue weighted by Gasteiger charge is -2.12. The normalized spacial score (nSPS) is 11.9. The molecule has 0 aliphatic carbocycles. The van der Waals surface area contributed by atoms with Crippen LogP contribution >= 0.6 is 0 Å². The van der Waals surface area contributed by atoms with E-state index in [-0.39, 0.29) is 21.9 Å². The van der Waals surface area contributed by atoms with Gasteiger partial charge < -0.3 is 10.1 Å². The minimum absolute atomic E-state index is 0.0981. The molecule has 0 saturated heterocycles. The number of ether oxygens (including phenoxy) is 1. The van der Waals surface area contributed by atoms with Crippen molar-refractivity contribution in [3.8, 4) is 5.75 Å². The zero-order valence-electron chi connectivity index (χ0n) is 18.9. The van der Waals surface area contributed by atoms with Gasteiger partial charge in [0, 0.05) is 23.3 Å². The van der Waals surface area contributed by atoms with E-state index in [1.807, 2.05) is 6.92 Å². The Bertz CT molecular complexity index is 1500. The fourth-order valence-electron chi connectivity index (χ4n) is 3.83. The first kappa shape index (κ1) is 24.6. The van der Waals surface area contributed by atoms with Crippen molar-refractivity contribution in [3.63, 3.8) is 0 Å². The zero-order chi connectivity index (χ0) is 25.3. The van der Waals surface area contributed by atoms with Crippen LogP contribution in [-0.4, -0.2) is 19.0 Å². The third-order valence-corrected chi connectivity index (χ3v) is 7.19. The van der Waals surface area contributed by atoms with E-state index in [2.05, 4.69) is 10.1 Å². The summed E-state index contributed by atoms with van der Waals surface area (Å²) in [5.41, 5.74) is 1.47. The molecule has 10 heteroatoms. The fourth-order valence-corrected chi connectivity index (χ4v) is 5.25. The standard InChI is InChI=1S/C25H22F4N2O3S/c1-3-5-16-14-31(35(32,33)19-7-4-6-18(13-19)34-25(28)29)22-12-17(9-10-20(16)22)30-21-11-8-15(2)23(26)24(21)27/h4,6-14,25,30H,3,5H2,1-2H3. The van der Waals surface area contributed by atoms with Crippen LogP contribution in [-0.2, 0) is 16.4 Å². The Morgan fingerprint density at radius 1 is 1.03 bits per heavy atom. The molecule has 4 aromatic rings. The highest BCUT2D eigenvalue weighted by atomic mass is 32.2. The Kier molecular flexibility index (Phi) is 6.75. The second-order valence-corrected chi connectivity index (χ2v) is 9.79. The van der Waals surface area contributed by atoms with E-state index in [0.717, 1.165) is 22.0 Å². The van der Waals surface area contributed by atoms with Crippen molar-refractivity contribution >= 4 is 32.3 Å². The summed E-state index contributed by atoms with van der Waals surface area (Å²) in [5, 5.41) is 3.46. The number of halogens is 4. The van der Waals surface area contributed by atoms with Gasteiger partial charge >= 0.3 is 6.61 Å². The molecule has 0 radical (unpaired) electrons. The molecule has 1 heterocycles. The number of aryl methyl sites for hydroxylation is 2. The summed E-state index contributed by atoms with van der Waals surface area (Å²) in [4.78, 5) is -0.236. The first-order valence-corrected chi connectivity index (χ1v) is 12.2. The van der Waals surface area contributed by atoms with Crippen LogP contribution in [0, 0.1) is 18.6 Å². The molecule has 5 nitrogen and oxygen atoms in total. The van der Waals surface area contributed by atoms with Crippen molar-refractivity contribution in [2.45, 2.75) is 38.2 Å². The number of anilines is 2. The van der Waals surface area contributed by atoms with Crippen LogP contribution in [0.3, 0.4) is 0 Å². The molecule has 4 rings (SSSR count). The minimum Gasteiger partial charge on any atom is -0.435 e. The number of hydrogen-bond donors (Lipinski definition) is 1. The lowest BCUT2D eigenvalue weighted by molar-refractivity contribution is -0.0499. The predicted molar refractivity (Wildman–Crippen MR) is 126 cm³/mol. The number of nitrogens with one attached hydrogen (secondary N) is 1. The Morgan fingerprint density at radius 2 is 1.80 bits per heavy atom. The highest BCUT2D eigenvalue weighted by Crippen LogP contribution is 2.32. The summed E-state index contributed by atoms with van der Waals surface area (Å²) in [6, 6.07) is 12.5. The highest BCUT2D eigenvalue weighted by molar-refractivity contribution is 7.90. The Morgan fingerprint density at radius 3 is 2.51 bits per heavy atom. The van der Waals surface area contributed by atoms with E-state index in [4.69, 9.17) is 0 Å². The van der Waals surface area contributed by atoms with Gasteiger partial charge in [-0.2, -0.15) is 8.78 Å². The largest absolute Gasteiger partial charge is 0.435 e. The molecular weight excluding hydrogens is 484 g/mol. The Labute approximate surface area is 200 Å². The smallest absolute Gasteiger partial charge is 0.387 e. The summed E-state index contributed by atoms with van der Waals surface area (Å²) >= 11 is 0. The van der Waals surface area contributed by atoms with Gasteiger partial charge in [0.05, 0.1) is 16.1 Å². The van der Waals surface area contributed by atoms with Crippen molar-refractivity contribution in [3.05, 3.63) is 83.6 Å². The Balaban J connectivity index is 1.82. The number of rotatable bonds is 8. The van der Waals surface area contributed by atoms with Crippen molar-refractivity contribution in [1.82, 2.24) is 3.97 Å². The molecule has 184 valence electrons. The summed E-state index contributed by atoms with van der Waals surface area (Å²) in [6.07, 6.45) is 2.84. The maximum absolute atomic E-state index is 14.4. The van der Waals surface area contributed by atoms with Crippen molar-refractivity contribution < 1.29 is 30.7 Å². The number of alkyl halides is 2. The summed E-state index contributed by atoms with van der Waals surface area (Å²) in [6.45, 7) is 0.299. The van der Waals surface area contributed by atoms with E-state index < -0.39 is 28.3 Å². The van der Waals surface area contributed by atoms with Gasteiger partial charge in [0.25, 0.3) is 10.0 Å². The Hall–Kier alpha value is -3.53. The molecule has 0 atom stereocenters. The molecule has 3 aromatic carbocycles. The molecule has 0 fully saturated rings. The van der Waals surface area contributed by atoms with Crippen molar-refractivity contribution in [2.24, 2.45) is 0 Å². The molecule has 0 aliphatic heterocycles. The quantitative estimate of drug-likeness (QED) is 0.268. The van der Waals surface area contributed by atoms with Crippen LogP contribution in [0.15, 0.2) is 65.7 Å². The number of hydrogen-bond acceptors (Lipinski definition) is 4. The van der Waals surface area contributed by atoms with Gasteiger partial charge in [-0.1, -0.05) is 31.5 Å². The lowest BCUT2D eigenvalue weighted by Crippen LogP contribution is -2.12. The van der Waals surface area contributed by atoms with Gasteiger partial charge in [0.2, 0.25) is 0 Å². The fraction of sp³-hybridized carbons (Fsp3) is 0.200. The van der Waals surface area contributed by atoms with E-state index in [1.54, 1.807) is 12.1 Å². The average molecular weight is 507 g/mol. The van der Waals surface area contributed by atoms with E-state index in [9.17, 15) is 26.0 Å². The molecule has 0 bridgehead atoms. The van der Waals surface area contributed by atoms with E-state index in [1.165, 1.54) is 49.5 Å². The van der Waals surface area contributed by atoms with Crippen molar-refractivity contribution in [1.29, 1.82) is 0 Å². The molecule has 1 N–H and O–H groups in total. The first-order chi connectivity index (χ1) is 16.6. The van der Waals surface area contributed by atoms with Gasteiger partial charge in [-0.25, -0.2) is 21.2 Å². The SMILES string of the molecule is CCCc1cn(S(=O)(=O)c2cccc(OC(F)F)c2)c2cc(Nc3ccc(C)c(F)c3F)ccc12. The molecule has 1 aromatic heterocycles. The third kappa shape index (κ3) is 4.84. The second kappa shape index (κ2) is 9.61. The first-order valence-electron chi connectivity index (χ1n) is 10.8. The highest BCUT2D eigenvalue weighted by Gasteiger charge is 2.23. The maximum Gasteiger partial charge on any atom is 0.387 e. The van der Waals surface area contributed by atoms with E-state index in [0.29, 0.717) is 23.0 Å². The molecule has 0 amide bonds. The van der Waals surface area contributed by atoms with E-state index >= 15 is 0 Å². The van der Waals surface area contributed by atoms with Crippen LogP contribution in [0.1, 0.15) is 24.5 Å². The van der Waals surface area contributed by atoms with Crippen LogP contribution in [0.4, 0.5) is 28.9 Å². The van der Waals surface area contributed by atoms with Crippen LogP contribution in [0.5, 0.6) is 5.75 Å². The summed E-state index contributed by atoms with van der Waals surface area (Å²) in [5.74, 6) is -2.31. The number of benzene rings is 3. The topological polar surface area (TPSA) is 60.3 Å². The zero-order valence-corrected chi connectivity index (χ0v) is 19.7. The third-order valence-electron chi connectivity index (χ3n) is 5.52. The minimum atomic E-state index is -4.20. The number of nitrogens with zero attached hydrogens (tertiary/aromatic N) is 1. The predicted octanol–water partition coefficient (Wildman–Crippen LogP) is 6.76. The number of aromatic nitrogens is 1. The lowest BCUT2D eigenvalue weighted by atomic mass is 10.1. The van der Waals surface area contributed by atoms with Crippen molar-refractivity contribution in [2.75, 3.05) is 5.32 Å².